The Morgan fingerprint density at radius 3 is 2.06 bits per heavy atom. The van der Waals surface area contributed by atoms with Gasteiger partial charge in [-0.1, -0.05) is 26.2 Å². The van der Waals surface area contributed by atoms with Crippen molar-refractivity contribution in [2.45, 2.75) is 58.3 Å². The Kier molecular flexibility index (Phi) is 12.2. The number of carbonyl (C=O) groups excluding carboxylic acids is 2. The van der Waals surface area contributed by atoms with Gasteiger partial charge in [0.25, 0.3) is 0 Å². The molecule has 0 aliphatic carbocycles. The molecule has 0 saturated heterocycles. The van der Waals surface area contributed by atoms with E-state index in [0.717, 1.165) is 38.4 Å². The van der Waals surface area contributed by atoms with Gasteiger partial charge in [0.15, 0.2) is 0 Å². The van der Waals surface area contributed by atoms with E-state index < -0.39 is 6.16 Å². The quantitative estimate of drug-likeness (QED) is 0.317. The molecule has 0 spiro atoms. The molecule has 0 aliphatic rings. The van der Waals surface area contributed by atoms with Crippen LogP contribution in [0.3, 0.4) is 0 Å². The highest BCUT2D eigenvalue weighted by atomic mass is 16.7. The summed E-state index contributed by atoms with van der Waals surface area (Å²) < 4.78 is 9.78. The first-order valence-corrected chi connectivity index (χ1v) is 6.54. The highest BCUT2D eigenvalue weighted by molar-refractivity contribution is 5.59. The molecule has 0 radical (unpaired) electrons. The number of hydrogen-bond donors (Lipinski definition) is 0. The Hall–Kier alpha value is -1.06. The van der Waals surface area contributed by atoms with Crippen molar-refractivity contribution in [2.75, 3.05) is 13.2 Å². The van der Waals surface area contributed by atoms with Crippen LogP contribution in [0.25, 0.3) is 0 Å². The fraction of sp³-hybridized carbons (Fsp3) is 0.846. The summed E-state index contributed by atoms with van der Waals surface area (Å²) in [4.78, 5) is 21.1. The average molecular weight is 244 g/mol. The van der Waals surface area contributed by atoms with E-state index in [4.69, 9.17) is 9.47 Å². The van der Waals surface area contributed by atoms with Gasteiger partial charge >= 0.3 is 6.16 Å². The Bertz CT molecular complexity index is 192. The predicted octanol–water partition coefficient (Wildman–Crippen LogP) is 3.48. The fourth-order valence-electron chi connectivity index (χ4n) is 1.39. The Morgan fingerprint density at radius 1 is 0.941 bits per heavy atom. The molecule has 17 heavy (non-hydrogen) atoms. The van der Waals surface area contributed by atoms with Gasteiger partial charge in [0.2, 0.25) is 0 Å². The summed E-state index contributed by atoms with van der Waals surface area (Å²) in [5, 5.41) is 0. The van der Waals surface area contributed by atoms with Gasteiger partial charge in [0.1, 0.15) is 6.29 Å². The van der Waals surface area contributed by atoms with E-state index in [1.165, 1.54) is 12.8 Å². The zero-order valence-electron chi connectivity index (χ0n) is 10.8. The molecule has 0 atom stereocenters. The molecule has 0 bridgehead atoms. The molecule has 0 aromatic carbocycles. The van der Waals surface area contributed by atoms with Crippen LogP contribution in [-0.2, 0) is 14.3 Å². The van der Waals surface area contributed by atoms with Gasteiger partial charge in [-0.15, -0.1) is 0 Å². The van der Waals surface area contributed by atoms with E-state index >= 15 is 0 Å². The van der Waals surface area contributed by atoms with Gasteiger partial charge in [-0.25, -0.2) is 4.79 Å². The summed E-state index contributed by atoms with van der Waals surface area (Å²) in [6.07, 6.45) is 7.82. The molecule has 0 heterocycles. The van der Waals surface area contributed by atoms with Crippen LogP contribution in [0.4, 0.5) is 4.79 Å². The summed E-state index contributed by atoms with van der Waals surface area (Å²) in [6.45, 7) is 2.97. The van der Waals surface area contributed by atoms with Crippen LogP contribution >= 0.6 is 0 Å². The SMILES string of the molecule is CCCCCCOC(=O)OCCCCCC=O. The molecule has 0 amide bonds. The molecule has 4 heteroatoms. The maximum Gasteiger partial charge on any atom is 0.508 e. The lowest BCUT2D eigenvalue weighted by Crippen LogP contribution is -2.09. The van der Waals surface area contributed by atoms with Gasteiger partial charge in [-0.3, -0.25) is 0 Å². The molecule has 100 valence electrons. The van der Waals surface area contributed by atoms with Crippen LogP contribution in [0.2, 0.25) is 0 Å². The van der Waals surface area contributed by atoms with Gasteiger partial charge in [0, 0.05) is 6.42 Å². The van der Waals surface area contributed by atoms with Crippen LogP contribution in [0.1, 0.15) is 58.3 Å². The van der Waals surface area contributed by atoms with Crippen molar-refractivity contribution in [3.63, 3.8) is 0 Å². The number of carbonyl (C=O) groups is 2. The van der Waals surface area contributed by atoms with Gasteiger partial charge in [-0.05, 0) is 25.7 Å². The molecule has 0 unspecified atom stereocenters. The minimum atomic E-state index is -0.572. The molecule has 0 rings (SSSR count). The van der Waals surface area contributed by atoms with E-state index in [9.17, 15) is 9.59 Å². The molecule has 0 N–H and O–H groups in total. The fourth-order valence-corrected chi connectivity index (χ4v) is 1.39. The summed E-state index contributed by atoms with van der Waals surface area (Å²) in [5.74, 6) is 0. The number of aldehydes is 1. The third-order valence-corrected chi connectivity index (χ3v) is 2.40. The van der Waals surface area contributed by atoms with Crippen molar-refractivity contribution in [3.05, 3.63) is 0 Å². The standard InChI is InChI=1S/C13H24O4/c1-2-3-4-8-11-16-13(15)17-12-9-6-5-7-10-14/h10H,2-9,11-12H2,1H3. The third kappa shape index (κ3) is 12.9. The number of rotatable bonds is 11. The van der Waals surface area contributed by atoms with Gasteiger partial charge < -0.3 is 14.3 Å². The van der Waals surface area contributed by atoms with E-state index in [-0.39, 0.29) is 0 Å². The predicted molar refractivity (Wildman–Crippen MR) is 66.0 cm³/mol. The van der Waals surface area contributed by atoms with Gasteiger partial charge in [0.05, 0.1) is 13.2 Å². The lowest BCUT2D eigenvalue weighted by Gasteiger charge is -2.05. The molecule has 4 nitrogen and oxygen atoms in total. The summed E-state index contributed by atoms with van der Waals surface area (Å²) in [6, 6.07) is 0. The van der Waals surface area contributed by atoms with E-state index in [2.05, 4.69) is 6.92 Å². The Morgan fingerprint density at radius 2 is 1.53 bits per heavy atom. The topological polar surface area (TPSA) is 52.6 Å². The Balaban J connectivity index is 3.14. The minimum absolute atomic E-state index is 0.382. The van der Waals surface area contributed by atoms with Gasteiger partial charge in [-0.2, -0.15) is 0 Å². The summed E-state index contributed by atoms with van der Waals surface area (Å²) in [7, 11) is 0. The first kappa shape index (κ1) is 15.9. The lowest BCUT2D eigenvalue weighted by molar-refractivity contribution is -0.107. The molecule has 0 aromatic rings. The van der Waals surface area contributed by atoms with Crippen LogP contribution in [0.5, 0.6) is 0 Å². The van der Waals surface area contributed by atoms with Crippen LogP contribution in [0.15, 0.2) is 0 Å². The molecule has 0 fully saturated rings. The average Bonchev–Trinajstić information content (AvgIpc) is 2.33. The number of unbranched alkanes of at least 4 members (excludes halogenated alkanes) is 6. The highest BCUT2D eigenvalue weighted by Crippen LogP contribution is 2.01. The zero-order valence-corrected chi connectivity index (χ0v) is 10.8. The zero-order chi connectivity index (χ0) is 12.8. The highest BCUT2D eigenvalue weighted by Gasteiger charge is 2.02. The van der Waals surface area contributed by atoms with Crippen molar-refractivity contribution in [1.82, 2.24) is 0 Å². The van der Waals surface area contributed by atoms with Crippen molar-refractivity contribution in [3.8, 4) is 0 Å². The second-order valence-electron chi connectivity index (χ2n) is 4.02. The molecular formula is C13H24O4. The number of ether oxygens (including phenoxy) is 2. The summed E-state index contributed by atoms with van der Waals surface area (Å²) >= 11 is 0. The van der Waals surface area contributed by atoms with Crippen molar-refractivity contribution in [1.29, 1.82) is 0 Å². The lowest BCUT2D eigenvalue weighted by atomic mass is 10.2. The van der Waals surface area contributed by atoms with E-state index in [0.29, 0.717) is 19.6 Å². The van der Waals surface area contributed by atoms with Crippen molar-refractivity contribution in [2.24, 2.45) is 0 Å². The third-order valence-electron chi connectivity index (χ3n) is 2.40. The first-order chi connectivity index (χ1) is 8.31. The maximum atomic E-state index is 11.1. The van der Waals surface area contributed by atoms with Crippen molar-refractivity contribution >= 4 is 12.4 Å². The largest absolute Gasteiger partial charge is 0.508 e. The van der Waals surface area contributed by atoms with Crippen LogP contribution in [-0.4, -0.2) is 25.7 Å². The number of hydrogen-bond acceptors (Lipinski definition) is 4. The summed E-state index contributed by atoms with van der Waals surface area (Å²) in [5.41, 5.74) is 0. The second kappa shape index (κ2) is 13.0. The molecule has 0 saturated carbocycles. The normalized spacial score (nSPS) is 9.94. The van der Waals surface area contributed by atoms with Crippen LogP contribution < -0.4 is 0 Å². The van der Waals surface area contributed by atoms with Crippen LogP contribution in [0, 0.1) is 0 Å². The van der Waals surface area contributed by atoms with E-state index in [1.807, 2.05) is 0 Å². The first-order valence-electron chi connectivity index (χ1n) is 6.54. The smallest absolute Gasteiger partial charge is 0.434 e. The Labute approximate surface area is 104 Å². The molecule has 0 aromatic heterocycles. The van der Waals surface area contributed by atoms with Crippen molar-refractivity contribution < 1.29 is 19.1 Å². The monoisotopic (exact) mass is 244 g/mol. The molecular weight excluding hydrogens is 220 g/mol. The molecule has 0 aliphatic heterocycles. The maximum absolute atomic E-state index is 11.1. The second-order valence-corrected chi connectivity index (χ2v) is 4.02. The minimum Gasteiger partial charge on any atom is -0.434 e. The van der Waals surface area contributed by atoms with E-state index in [1.54, 1.807) is 0 Å².